The molecule has 3 heteroatoms. The van der Waals surface area contributed by atoms with Crippen molar-refractivity contribution in [3.63, 3.8) is 0 Å². The summed E-state index contributed by atoms with van der Waals surface area (Å²) in [5.74, 6) is 0. The quantitative estimate of drug-likeness (QED) is 0.698. The fourth-order valence-electron chi connectivity index (χ4n) is 3.78. The van der Waals surface area contributed by atoms with Crippen LogP contribution in [0, 0.1) is 0 Å². The monoisotopic (exact) mass is 333 g/mol. The summed E-state index contributed by atoms with van der Waals surface area (Å²) in [6.07, 6.45) is 4.86. The highest BCUT2D eigenvalue weighted by atomic mass is 32.3. The third kappa shape index (κ3) is 2.53. The number of nitrogens with one attached hydrogen (secondary N) is 1. The number of thiophene rings is 1. The Morgan fingerprint density at radius 1 is 1.09 bits per heavy atom. The predicted octanol–water partition coefficient (Wildman–Crippen LogP) is 6.12. The maximum absolute atomic E-state index is 3.94. The molecule has 1 nitrogen and oxygen atoms in total. The van der Waals surface area contributed by atoms with Gasteiger partial charge in [-0.15, -0.1) is 11.3 Å². The number of fused-ring (bicyclic) bond motifs is 3. The molecule has 1 aromatic heterocycles. The average Bonchev–Trinajstić information content (AvgIpc) is 2.84. The number of allylic oxidation sites excluding steroid dienone is 1. The van der Waals surface area contributed by atoms with Gasteiger partial charge in [0.15, 0.2) is 0 Å². The molecule has 0 bridgehead atoms. The molecule has 1 aromatic carbocycles. The third-order valence-electron chi connectivity index (χ3n) is 4.38. The van der Waals surface area contributed by atoms with Gasteiger partial charge in [0.2, 0.25) is 0 Å². The van der Waals surface area contributed by atoms with E-state index in [-0.39, 0.29) is 5.54 Å². The smallest absolute Gasteiger partial charge is 0.0482 e. The van der Waals surface area contributed by atoms with Crippen LogP contribution in [0.15, 0.2) is 29.8 Å². The van der Waals surface area contributed by atoms with E-state index < -0.39 is 10.2 Å². The first-order valence-electron chi connectivity index (χ1n) is 7.82. The Kier molecular flexibility index (Phi) is 3.75. The van der Waals surface area contributed by atoms with Crippen LogP contribution in [0.2, 0.25) is 0 Å². The zero-order valence-electron chi connectivity index (χ0n) is 14.7. The van der Waals surface area contributed by atoms with Gasteiger partial charge in [0, 0.05) is 20.4 Å². The van der Waals surface area contributed by atoms with Gasteiger partial charge < -0.3 is 0 Å². The lowest BCUT2D eigenvalue weighted by Crippen LogP contribution is -2.39. The van der Waals surface area contributed by atoms with Gasteiger partial charge >= 0.3 is 0 Å². The Bertz CT molecular complexity index is 759. The fraction of sp³-hybridized carbons (Fsp3) is 0.474. The van der Waals surface area contributed by atoms with E-state index >= 15 is 0 Å². The Morgan fingerprint density at radius 3 is 2.36 bits per heavy atom. The molecule has 3 rings (SSSR count). The first kappa shape index (κ1) is 16.1. The van der Waals surface area contributed by atoms with E-state index in [4.69, 9.17) is 0 Å². The summed E-state index contributed by atoms with van der Waals surface area (Å²) in [6, 6.07) is 8.89. The molecule has 1 atom stereocenters. The summed E-state index contributed by atoms with van der Waals surface area (Å²) >= 11 is 1.96. The second-order valence-corrected chi connectivity index (χ2v) is 12.3. The molecule has 0 amide bonds. The maximum atomic E-state index is 3.94. The van der Waals surface area contributed by atoms with E-state index in [1.165, 1.54) is 20.5 Å². The van der Waals surface area contributed by atoms with Gasteiger partial charge in [-0.1, -0.05) is 23.8 Å². The van der Waals surface area contributed by atoms with Gasteiger partial charge in [0.1, 0.15) is 0 Å². The van der Waals surface area contributed by atoms with Crippen LogP contribution in [0.3, 0.4) is 0 Å². The Hall–Kier alpha value is -0.770. The zero-order valence-corrected chi connectivity index (χ0v) is 16.3. The van der Waals surface area contributed by atoms with Gasteiger partial charge in [0.25, 0.3) is 0 Å². The lowest BCUT2D eigenvalue weighted by molar-refractivity contribution is 0.529. The molecule has 2 aromatic rings. The molecule has 1 heterocycles. The first-order valence-corrected chi connectivity index (χ1v) is 11.1. The van der Waals surface area contributed by atoms with Crippen LogP contribution in [0.1, 0.15) is 50.3 Å². The molecule has 0 radical (unpaired) electrons. The van der Waals surface area contributed by atoms with Gasteiger partial charge in [-0.2, -0.15) is 10.2 Å². The number of hydrogen-bond donors (Lipinski definition) is 1. The van der Waals surface area contributed by atoms with Crippen molar-refractivity contribution in [1.29, 1.82) is 0 Å². The number of benzene rings is 1. The number of hydrogen-bond acceptors (Lipinski definition) is 2. The molecule has 0 spiro atoms. The van der Waals surface area contributed by atoms with Gasteiger partial charge in [-0.3, -0.25) is 4.72 Å². The van der Waals surface area contributed by atoms with Crippen molar-refractivity contribution < 1.29 is 0 Å². The summed E-state index contributed by atoms with van der Waals surface area (Å²) in [6.45, 7) is 11.5. The van der Waals surface area contributed by atoms with Crippen molar-refractivity contribution >= 4 is 37.2 Å². The summed E-state index contributed by atoms with van der Waals surface area (Å²) in [5, 5.41) is 1.98. The largest absolute Gasteiger partial charge is 0.275 e. The molecular formula is C19H27NS2. The van der Waals surface area contributed by atoms with E-state index in [0.717, 1.165) is 0 Å². The summed E-state index contributed by atoms with van der Waals surface area (Å²) in [7, 11) is -0.976. The highest BCUT2D eigenvalue weighted by Gasteiger charge is 2.39. The standard InChI is InChI=1S/C19H27NS2/c1-12-13(2)18(22(6,7)20-19(3,4)5)16-14-10-8-9-11-15(14)21-17(12)16/h8-11,18,20H,1-7H3. The highest BCUT2D eigenvalue weighted by Crippen LogP contribution is 2.64. The maximum Gasteiger partial charge on any atom is 0.0482 e. The molecule has 22 heavy (non-hydrogen) atoms. The molecule has 0 aliphatic heterocycles. The predicted molar refractivity (Wildman–Crippen MR) is 105 cm³/mol. The molecular weight excluding hydrogens is 306 g/mol. The molecule has 120 valence electrons. The SMILES string of the molecule is CC1=C(C)C(S(C)(C)NC(C)(C)C)c2c1sc1ccccc21. The summed E-state index contributed by atoms with van der Waals surface area (Å²) in [4.78, 5) is 1.51. The lowest BCUT2D eigenvalue weighted by atomic mass is 10.1. The van der Waals surface area contributed by atoms with Gasteiger partial charge in [0.05, 0.1) is 0 Å². The Morgan fingerprint density at radius 2 is 1.73 bits per heavy atom. The summed E-state index contributed by atoms with van der Waals surface area (Å²) in [5.41, 5.74) is 4.77. The van der Waals surface area contributed by atoms with Crippen molar-refractivity contribution in [1.82, 2.24) is 4.72 Å². The van der Waals surface area contributed by atoms with E-state index in [0.29, 0.717) is 5.25 Å². The minimum atomic E-state index is -0.976. The van der Waals surface area contributed by atoms with Crippen molar-refractivity contribution in [3.05, 3.63) is 40.3 Å². The first-order chi connectivity index (χ1) is 10.1. The normalized spacial score (nSPS) is 19.9. The van der Waals surface area contributed by atoms with E-state index in [9.17, 15) is 0 Å². The van der Waals surface area contributed by atoms with E-state index in [2.05, 4.69) is 76.1 Å². The topological polar surface area (TPSA) is 12.0 Å². The van der Waals surface area contributed by atoms with Crippen LogP contribution in [0.25, 0.3) is 15.7 Å². The summed E-state index contributed by atoms with van der Waals surface area (Å²) < 4.78 is 5.36. The second kappa shape index (κ2) is 5.12. The average molecular weight is 334 g/mol. The van der Waals surface area contributed by atoms with Crippen molar-refractivity contribution in [2.45, 2.75) is 45.4 Å². The van der Waals surface area contributed by atoms with Gasteiger partial charge in [-0.05, 0) is 69.7 Å². The van der Waals surface area contributed by atoms with Crippen molar-refractivity contribution in [2.24, 2.45) is 0 Å². The molecule has 0 fully saturated rings. The van der Waals surface area contributed by atoms with E-state index in [1.54, 1.807) is 11.1 Å². The van der Waals surface area contributed by atoms with Crippen LogP contribution in [0.4, 0.5) is 0 Å². The van der Waals surface area contributed by atoms with Crippen molar-refractivity contribution in [3.8, 4) is 0 Å². The minimum Gasteiger partial charge on any atom is -0.275 e. The highest BCUT2D eigenvalue weighted by molar-refractivity contribution is 8.31. The van der Waals surface area contributed by atoms with Gasteiger partial charge in [-0.25, -0.2) is 0 Å². The van der Waals surface area contributed by atoms with Crippen LogP contribution in [-0.2, 0) is 0 Å². The van der Waals surface area contributed by atoms with Crippen LogP contribution in [-0.4, -0.2) is 18.1 Å². The van der Waals surface area contributed by atoms with Crippen molar-refractivity contribution in [2.75, 3.05) is 12.5 Å². The van der Waals surface area contributed by atoms with Crippen LogP contribution in [0.5, 0.6) is 0 Å². The molecule has 1 N–H and O–H groups in total. The molecule has 0 saturated heterocycles. The minimum absolute atomic E-state index is 0.140. The number of rotatable bonds is 2. The zero-order chi connectivity index (χ0) is 16.3. The molecule has 1 unspecified atom stereocenters. The lowest BCUT2D eigenvalue weighted by Gasteiger charge is -2.45. The fourth-order valence-corrected chi connectivity index (χ4v) is 8.75. The van der Waals surface area contributed by atoms with E-state index in [1.807, 2.05) is 11.3 Å². The van der Waals surface area contributed by atoms with Crippen LogP contribution >= 0.6 is 21.6 Å². The Labute approximate surface area is 140 Å². The molecule has 1 aliphatic carbocycles. The van der Waals surface area contributed by atoms with Crippen LogP contribution < -0.4 is 4.72 Å². The second-order valence-electron chi connectivity index (χ2n) is 7.79. The third-order valence-corrected chi connectivity index (χ3v) is 8.59. The molecule has 0 saturated carbocycles. The Balaban J connectivity index is 2.19. The molecule has 1 aliphatic rings.